The number of rotatable bonds is 5. The van der Waals surface area contributed by atoms with Crippen LogP contribution in [0.5, 0.6) is 0 Å². The van der Waals surface area contributed by atoms with Gasteiger partial charge in [0, 0.05) is 33.4 Å². The monoisotopic (exact) mass is 312 g/mol. The SMILES string of the molecule is CCC(Br)C(=O)N(C)Cc1ccc(N(C)C)cc1. The Morgan fingerprint density at radius 1 is 1.22 bits per heavy atom. The Balaban J connectivity index is 2.64. The van der Waals surface area contributed by atoms with Crippen molar-refractivity contribution < 1.29 is 4.79 Å². The second-order valence-electron chi connectivity index (χ2n) is 4.63. The van der Waals surface area contributed by atoms with Gasteiger partial charge in [-0.25, -0.2) is 0 Å². The van der Waals surface area contributed by atoms with Gasteiger partial charge in [0.2, 0.25) is 5.91 Å². The highest BCUT2D eigenvalue weighted by atomic mass is 79.9. The molecule has 0 spiro atoms. The molecular formula is C14H21BrN2O. The van der Waals surface area contributed by atoms with E-state index >= 15 is 0 Å². The normalized spacial score (nSPS) is 12.1. The Kier molecular flexibility index (Phi) is 5.66. The van der Waals surface area contributed by atoms with Crippen LogP contribution in [-0.2, 0) is 11.3 Å². The molecule has 0 aliphatic rings. The largest absolute Gasteiger partial charge is 0.378 e. The molecule has 0 aliphatic heterocycles. The Labute approximate surface area is 118 Å². The van der Waals surface area contributed by atoms with Crippen molar-refractivity contribution in [2.45, 2.75) is 24.7 Å². The lowest BCUT2D eigenvalue weighted by Crippen LogP contribution is -2.32. The molecule has 0 radical (unpaired) electrons. The van der Waals surface area contributed by atoms with Crippen molar-refractivity contribution in [2.75, 3.05) is 26.0 Å². The van der Waals surface area contributed by atoms with Crippen LogP contribution in [0.15, 0.2) is 24.3 Å². The standard InChI is InChI=1S/C14H21BrN2O/c1-5-13(15)14(18)17(4)10-11-6-8-12(9-7-11)16(2)3/h6-9,13H,5,10H2,1-4H3. The van der Waals surface area contributed by atoms with Crippen molar-refractivity contribution in [3.05, 3.63) is 29.8 Å². The maximum atomic E-state index is 11.9. The van der Waals surface area contributed by atoms with Crippen molar-refractivity contribution in [2.24, 2.45) is 0 Å². The van der Waals surface area contributed by atoms with Crippen LogP contribution >= 0.6 is 15.9 Å². The molecule has 100 valence electrons. The van der Waals surface area contributed by atoms with Crippen molar-refractivity contribution in [1.29, 1.82) is 0 Å². The molecule has 1 amide bonds. The second-order valence-corrected chi connectivity index (χ2v) is 5.74. The fraction of sp³-hybridized carbons (Fsp3) is 0.500. The summed E-state index contributed by atoms with van der Waals surface area (Å²) in [4.78, 5) is 15.7. The summed E-state index contributed by atoms with van der Waals surface area (Å²) in [5.41, 5.74) is 2.31. The van der Waals surface area contributed by atoms with Gasteiger partial charge >= 0.3 is 0 Å². The molecule has 0 saturated heterocycles. The lowest BCUT2D eigenvalue weighted by molar-refractivity contribution is -0.129. The first-order chi connectivity index (χ1) is 8.45. The number of hydrogen-bond acceptors (Lipinski definition) is 2. The first-order valence-corrected chi connectivity index (χ1v) is 7.02. The van der Waals surface area contributed by atoms with Crippen molar-refractivity contribution in [3.63, 3.8) is 0 Å². The molecule has 0 fully saturated rings. The molecule has 18 heavy (non-hydrogen) atoms. The molecular weight excluding hydrogens is 292 g/mol. The summed E-state index contributed by atoms with van der Waals surface area (Å²) >= 11 is 3.39. The minimum absolute atomic E-state index is 0.0800. The van der Waals surface area contributed by atoms with Crippen molar-refractivity contribution >= 4 is 27.5 Å². The van der Waals surface area contributed by atoms with E-state index in [1.54, 1.807) is 4.90 Å². The molecule has 3 nitrogen and oxygen atoms in total. The predicted octanol–water partition coefficient (Wildman–Crippen LogP) is 2.88. The van der Waals surface area contributed by atoms with Crippen LogP contribution in [0.4, 0.5) is 5.69 Å². The average Bonchev–Trinajstić information content (AvgIpc) is 2.37. The van der Waals surface area contributed by atoms with E-state index in [4.69, 9.17) is 0 Å². The molecule has 1 atom stereocenters. The fourth-order valence-electron chi connectivity index (χ4n) is 1.67. The molecule has 4 heteroatoms. The number of alkyl halides is 1. The summed E-state index contributed by atoms with van der Waals surface area (Å²) in [6.07, 6.45) is 0.808. The van der Waals surface area contributed by atoms with Crippen LogP contribution in [0.2, 0.25) is 0 Å². The van der Waals surface area contributed by atoms with E-state index in [1.165, 1.54) is 5.69 Å². The molecule has 1 aromatic rings. The smallest absolute Gasteiger partial charge is 0.236 e. The lowest BCUT2D eigenvalue weighted by Gasteiger charge is -2.20. The zero-order chi connectivity index (χ0) is 13.7. The van der Waals surface area contributed by atoms with Crippen LogP contribution in [-0.4, -0.2) is 36.8 Å². The number of carbonyl (C=O) groups is 1. The van der Waals surface area contributed by atoms with Crippen LogP contribution < -0.4 is 4.90 Å². The predicted molar refractivity (Wildman–Crippen MR) is 80.2 cm³/mol. The molecule has 0 aliphatic carbocycles. The molecule has 0 saturated carbocycles. The second kappa shape index (κ2) is 6.78. The third kappa shape index (κ3) is 4.02. The molecule has 0 aromatic heterocycles. The Bertz CT molecular complexity index is 389. The van der Waals surface area contributed by atoms with Crippen LogP contribution in [0.1, 0.15) is 18.9 Å². The Morgan fingerprint density at radius 3 is 2.22 bits per heavy atom. The summed E-state index contributed by atoms with van der Waals surface area (Å²) < 4.78 is 0. The number of anilines is 1. The van der Waals surface area contributed by atoms with E-state index in [-0.39, 0.29) is 10.7 Å². The van der Waals surface area contributed by atoms with Gasteiger partial charge in [-0.05, 0) is 24.1 Å². The third-order valence-electron chi connectivity index (χ3n) is 2.88. The lowest BCUT2D eigenvalue weighted by atomic mass is 10.2. The highest BCUT2D eigenvalue weighted by Crippen LogP contribution is 2.15. The average molecular weight is 313 g/mol. The molecule has 0 N–H and O–H groups in total. The highest BCUT2D eigenvalue weighted by molar-refractivity contribution is 9.10. The number of nitrogens with zero attached hydrogens (tertiary/aromatic N) is 2. The Morgan fingerprint density at radius 2 is 1.78 bits per heavy atom. The van der Waals surface area contributed by atoms with E-state index in [2.05, 4.69) is 45.1 Å². The number of amides is 1. The molecule has 1 unspecified atom stereocenters. The molecule has 1 aromatic carbocycles. The Hall–Kier alpha value is -1.03. The zero-order valence-corrected chi connectivity index (χ0v) is 13.1. The van der Waals surface area contributed by atoms with Gasteiger partial charge in [-0.2, -0.15) is 0 Å². The van der Waals surface area contributed by atoms with Crippen LogP contribution in [0.3, 0.4) is 0 Å². The highest BCUT2D eigenvalue weighted by Gasteiger charge is 2.17. The van der Waals surface area contributed by atoms with Gasteiger partial charge in [0.05, 0.1) is 4.83 Å². The number of benzene rings is 1. The quantitative estimate of drug-likeness (QED) is 0.781. The van der Waals surface area contributed by atoms with E-state index in [0.717, 1.165) is 12.0 Å². The molecule has 1 rings (SSSR count). The van der Waals surface area contributed by atoms with Gasteiger partial charge in [0.15, 0.2) is 0 Å². The minimum atomic E-state index is -0.0800. The maximum absolute atomic E-state index is 11.9. The third-order valence-corrected chi connectivity index (χ3v) is 3.91. The summed E-state index contributed by atoms with van der Waals surface area (Å²) in [6.45, 7) is 2.64. The minimum Gasteiger partial charge on any atom is -0.378 e. The van der Waals surface area contributed by atoms with Gasteiger partial charge in [-0.3, -0.25) is 4.79 Å². The van der Waals surface area contributed by atoms with E-state index in [0.29, 0.717) is 6.54 Å². The van der Waals surface area contributed by atoms with Gasteiger partial charge in [0.25, 0.3) is 0 Å². The first kappa shape index (κ1) is 15.0. The number of carbonyl (C=O) groups excluding carboxylic acids is 1. The van der Waals surface area contributed by atoms with Gasteiger partial charge in [-0.1, -0.05) is 35.0 Å². The van der Waals surface area contributed by atoms with Gasteiger partial charge in [0.1, 0.15) is 0 Å². The zero-order valence-electron chi connectivity index (χ0n) is 11.5. The van der Waals surface area contributed by atoms with E-state index < -0.39 is 0 Å². The van der Waals surface area contributed by atoms with E-state index in [9.17, 15) is 4.79 Å². The summed E-state index contributed by atoms with van der Waals surface area (Å²) in [5, 5.41) is 0. The summed E-state index contributed by atoms with van der Waals surface area (Å²) in [6, 6.07) is 8.26. The summed E-state index contributed by atoms with van der Waals surface area (Å²) in [7, 11) is 5.87. The van der Waals surface area contributed by atoms with Crippen LogP contribution in [0, 0.1) is 0 Å². The van der Waals surface area contributed by atoms with Gasteiger partial charge < -0.3 is 9.80 Å². The van der Waals surface area contributed by atoms with E-state index in [1.807, 2.05) is 28.1 Å². The fourth-order valence-corrected chi connectivity index (χ4v) is 2.01. The summed E-state index contributed by atoms with van der Waals surface area (Å²) in [5.74, 6) is 0.134. The topological polar surface area (TPSA) is 23.6 Å². The molecule has 0 bridgehead atoms. The van der Waals surface area contributed by atoms with Crippen molar-refractivity contribution in [1.82, 2.24) is 4.90 Å². The maximum Gasteiger partial charge on any atom is 0.236 e. The molecule has 0 heterocycles. The van der Waals surface area contributed by atoms with Crippen LogP contribution in [0.25, 0.3) is 0 Å². The first-order valence-electron chi connectivity index (χ1n) is 6.11. The number of halogens is 1. The van der Waals surface area contributed by atoms with Crippen molar-refractivity contribution in [3.8, 4) is 0 Å². The van der Waals surface area contributed by atoms with Gasteiger partial charge in [-0.15, -0.1) is 0 Å². The number of hydrogen-bond donors (Lipinski definition) is 0.